The Morgan fingerprint density at radius 3 is 2.83 bits per heavy atom. The number of aromatic hydroxyl groups is 1. The third kappa shape index (κ3) is 1.89. The summed E-state index contributed by atoms with van der Waals surface area (Å²) in [5.74, 6) is 1.31. The van der Waals surface area contributed by atoms with Gasteiger partial charge in [-0.15, -0.1) is 0 Å². The maximum absolute atomic E-state index is 10.7. The van der Waals surface area contributed by atoms with Crippen LogP contribution in [0, 0.1) is 11.3 Å². The van der Waals surface area contributed by atoms with Crippen LogP contribution >= 0.6 is 0 Å². The van der Waals surface area contributed by atoms with Crippen molar-refractivity contribution in [2.45, 2.75) is 69.4 Å². The second-order valence-corrected chi connectivity index (χ2v) is 8.08. The molecule has 0 spiro atoms. The average Bonchev–Trinajstić information content (AvgIpc) is 2.69. The van der Waals surface area contributed by atoms with Gasteiger partial charge in [0.25, 0.3) is 0 Å². The number of aliphatic imine (C=N–C) groups is 1. The molecule has 0 amide bonds. The molecule has 0 aromatic heterocycles. The second-order valence-electron chi connectivity index (χ2n) is 8.08. The van der Waals surface area contributed by atoms with Crippen molar-refractivity contribution in [3.05, 3.63) is 29.3 Å². The normalized spacial score (nSPS) is 42.3. The number of phenols is 1. The van der Waals surface area contributed by atoms with Crippen LogP contribution in [0.25, 0.3) is 0 Å². The Hall–Kier alpha value is -1.35. The summed E-state index contributed by atoms with van der Waals surface area (Å²) >= 11 is 0. The Kier molecular flexibility index (Phi) is 3.35. The fraction of sp³-hybridized carbons (Fsp3) is 0.650. The number of fused-ring (bicyclic) bond motifs is 5. The number of phenolic OH excluding ortho intramolecular Hbond substituents is 1. The van der Waals surface area contributed by atoms with E-state index < -0.39 is 0 Å². The number of benzene rings is 1. The van der Waals surface area contributed by atoms with Crippen molar-refractivity contribution in [3.63, 3.8) is 0 Å². The van der Waals surface area contributed by atoms with Crippen LogP contribution in [-0.4, -0.2) is 28.6 Å². The van der Waals surface area contributed by atoms with Crippen LogP contribution in [0.1, 0.15) is 62.5 Å². The van der Waals surface area contributed by atoms with Gasteiger partial charge in [0.2, 0.25) is 0 Å². The Morgan fingerprint density at radius 2 is 2.04 bits per heavy atom. The highest BCUT2D eigenvalue weighted by molar-refractivity contribution is 5.41. The largest absolute Gasteiger partial charge is 0.508 e. The molecule has 0 unspecified atom stereocenters. The molecule has 2 saturated carbocycles. The van der Waals surface area contributed by atoms with E-state index in [0.29, 0.717) is 17.6 Å². The molecule has 2 fully saturated rings. The van der Waals surface area contributed by atoms with Crippen molar-refractivity contribution in [2.24, 2.45) is 16.3 Å². The van der Waals surface area contributed by atoms with Crippen LogP contribution in [0.5, 0.6) is 5.75 Å². The Bertz CT molecular complexity index is 643. The summed E-state index contributed by atoms with van der Waals surface area (Å²) in [6.45, 7) is 6.22. The zero-order chi connectivity index (χ0) is 16.2. The second kappa shape index (κ2) is 5.07. The van der Waals surface area contributed by atoms with Crippen LogP contribution in [0.15, 0.2) is 23.2 Å². The summed E-state index contributed by atoms with van der Waals surface area (Å²) in [5, 5.41) is 20.5. The van der Waals surface area contributed by atoms with Crippen LogP contribution < -0.4 is 0 Å². The quantitative estimate of drug-likeness (QED) is 0.774. The van der Waals surface area contributed by atoms with E-state index in [1.807, 2.05) is 12.1 Å². The summed E-state index contributed by atoms with van der Waals surface area (Å²) in [7, 11) is 0. The molecule has 0 saturated heterocycles. The number of aryl methyl sites for hydroxylation is 1. The van der Waals surface area contributed by atoms with Crippen molar-refractivity contribution in [2.75, 3.05) is 0 Å². The van der Waals surface area contributed by atoms with Gasteiger partial charge in [-0.05, 0) is 86.8 Å². The van der Waals surface area contributed by atoms with Gasteiger partial charge in [0.15, 0.2) is 0 Å². The lowest BCUT2D eigenvalue weighted by atomic mass is 9.53. The zero-order valence-corrected chi connectivity index (χ0v) is 14.0. The molecule has 1 aromatic carbocycles. The molecule has 23 heavy (non-hydrogen) atoms. The van der Waals surface area contributed by atoms with E-state index in [9.17, 15) is 10.2 Å². The zero-order valence-electron chi connectivity index (χ0n) is 14.0. The smallest absolute Gasteiger partial charge is 0.115 e. The van der Waals surface area contributed by atoms with Crippen LogP contribution in [0.2, 0.25) is 0 Å². The number of hydrogen-bond donors (Lipinski definition) is 2. The molecule has 0 radical (unpaired) electrons. The number of rotatable bonds is 1. The van der Waals surface area contributed by atoms with E-state index in [0.717, 1.165) is 44.9 Å². The highest BCUT2D eigenvalue weighted by atomic mass is 16.3. The van der Waals surface area contributed by atoms with Crippen molar-refractivity contribution in [3.8, 4) is 5.75 Å². The summed E-state index contributed by atoms with van der Waals surface area (Å²) in [6, 6.07) is 5.90. The third-order valence-corrected chi connectivity index (χ3v) is 7.37. The lowest BCUT2D eigenvalue weighted by Crippen LogP contribution is -2.55. The minimum atomic E-state index is -0.253. The highest BCUT2D eigenvalue weighted by Crippen LogP contribution is 2.64. The SMILES string of the molecule is C=N[C@@]12CC[C@H](O)[C@@]1(C)CC[C@@H]1c3ccc(O)cc3CCC[C@@H]12. The number of aliphatic hydroxyl groups is 1. The molecular formula is C20H27NO2. The van der Waals surface area contributed by atoms with Crippen LogP contribution in [0.3, 0.4) is 0 Å². The standard InChI is InChI=1S/C20H27NO2/c1-19-10-8-16-15-7-6-14(22)12-13(15)4-3-5-17(16)20(19,21-2)11-9-18(19)23/h6-7,12,16-18,22-23H,2-5,8-11H2,1H3/t16-,17+,18+,19-,20-/m1/s1. The predicted octanol–water partition coefficient (Wildman–Crippen LogP) is 3.82. The van der Waals surface area contributed by atoms with Gasteiger partial charge in [0.1, 0.15) is 5.75 Å². The minimum Gasteiger partial charge on any atom is -0.508 e. The average molecular weight is 313 g/mol. The molecule has 3 aliphatic rings. The molecule has 0 heterocycles. The van der Waals surface area contributed by atoms with Crippen molar-refractivity contribution in [1.82, 2.24) is 0 Å². The maximum Gasteiger partial charge on any atom is 0.115 e. The van der Waals surface area contributed by atoms with E-state index in [2.05, 4.69) is 19.7 Å². The van der Waals surface area contributed by atoms with Crippen LogP contribution in [-0.2, 0) is 6.42 Å². The number of nitrogens with zero attached hydrogens (tertiary/aromatic N) is 1. The Labute approximate surface area is 138 Å². The third-order valence-electron chi connectivity index (χ3n) is 7.37. The summed E-state index contributed by atoms with van der Waals surface area (Å²) in [4.78, 5) is 4.72. The van der Waals surface area contributed by atoms with Gasteiger partial charge < -0.3 is 10.2 Å². The summed E-state index contributed by atoms with van der Waals surface area (Å²) in [6.07, 6.45) is 6.97. The fourth-order valence-corrected chi connectivity index (χ4v) is 6.10. The van der Waals surface area contributed by atoms with E-state index in [-0.39, 0.29) is 17.1 Å². The minimum absolute atomic E-state index is 0.128. The van der Waals surface area contributed by atoms with Gasteiger partial charge in [0.05, 0.1) is 11.6 Å². The van der Waals surface area contributed by atoms with Crippen LogP contribution in [0.4, 0.5) is 0 Å². The predicted molar refractivity (Wildman–Crippen MR) is 92.1 cm³/mol. The first kappa shape index (κ1) is 15.2. The molecule has 1 aromatic rings. The molecule has 5 atom stereocenters. The van der Waals surface area contributed by atoms with Gasteiger partial charge in [-0.1, -0.05) is 13.0 Å². The molecule has 3 aliphatic carbocycles. The molecule has 2 N–H and O–H groups in total. The highest BCUT2D eigenvalue weighted by Gasteiger charge is 2.63. The van der Waals surface area contributed by atoms with E-state index in [1.165, 1.54) is 11.1 Å². The number of hydrogen-bond acceptors (Lipinski definition) is 3. The van der Waals surface area contributed by atoms with Crippen molar-refractivity contribution < 1.29 is 10.2 Å². The molecule has 0 aliphatic heterocycles. The van der Waals surface area contributed by atoms with Crippen molar-refractivity contribution >= 4 is 6.72 Å². The lowest BCUT2D eigenvalue weighted by Gasteiger charge is -2.54. The first-order valence-electron chi connectivity index (χ1n) is 8.99. The Morgan fingerprint density at radius 1 is 1.22 bits per heavy atom. The summed E-state index contributed by atoms with van der Waals surface area (Å²) in [5.41, 5.74) is 2.39. The van der Waals surface area contributed by atoms with Gasteiger partial charge in [-0.3, -0.25) is 4.99 Å². The van der Waals surface area contributed by atoms with Gasteiger partial charge in [-0.25, -0.2) is 0 Å². The fourth-order valence-electron chi connectivity index (χ4n) is 6.10. The topological polar surface area (TPSA) is 52.8 Å². The molecule has 3 nitrogen and oxygen atoms in total. The number of aliphatic hydroxyl groups excluding tert-OH is 1. The first-order valence-corrected chi connectivity index (χ1v) is 8.99. The first-order chi connectivity index (χ1) is 11.0. The molecule has 0 bridgehead atoms. The molecule has 3 heteroatoms. The maximum atomic E-state index is 10.7. The van der Waals surface area contributed by atoms with E-state index >= 15 is 0 Å². The van der Waals surface area contributed by atoms with E-state index in [1.54, 1.807) is 0 Å². The van der Waals surface area contributed by atoms with Gasteiger partial charge in [-0.2, -0.15) is 0 Å². The Balaban J connectivity index is 1.82. The molecule has 124 valence electrons. The van der Waals surface area contributed by atoms with Gasteiger partial charge >= 0.3 is 0 Å². The molecule has 4 rings (SSSR count). The van der Waals surface area contributed by atoms with Crippen molar-refractivity contribution in [1.29, 1.82) is 0 Å². The van der Waals surface area contributed by atoms with E-state index in [4.69, 9.17) is 4.99 Å². The lowest BCUT2D eigenvalue weighted by molar-refractivity contribution is -0.0363. The molecular weight excluding hydrogens is 286 g/mol. The monoisotopic (exact) mass is 313 g/mol. The van der Waals surface area contributed by atoms with Gasteiger partial charge in [0, 0.05) is 5.41 Å². The summed E-state index contributed by atoms with van der Waals surface area (Å²) < 4.78 is 0.